The zero-order valence-corrected chi connectivity index (χ0v) is 14.9. The summed E-state index contributed by atoms with van der Waals surface area (Å²) in [5.74, 6) is -0.272. The second-order valence-electron chi connectivity index (χ2n) is 6.69. The van der Waals surface area contributed by atoms with E-state index in [1.54, 1.807) is 31.2 Å². The summed E-state index contributed by atoms with van der Waals surface area (Å²) in [5.41, 5.74) is 0.249. The molecule has 3 N–H and O–H groups in total. The first-order chi connectivity index (χ1) is 11.1. The molecule has 1 heterocycles. The molecule has 1 aliphatic heterocycles. The zero-order chi connectivity index (χ0) is 18.0. The van der Waals surface area contributed by atoms with Crippen molar-refractivity contribution in [3.05, 3.63) is 29.8 Å². The average Bonchev–Trinajstić information content (AvgIpc) is 2.72. The van der Waals surface area contributed by atoms with Crippen LogP contribution in [0, 0.1) is 0 Å². The lowest BCUT2D eigenvalue weighted by atomic mass is 10.0. The molecule has 1 aromatic rings. The lowest BCUT2D eigenvalue weighted by Crippen LogP contribution is -2.46. The fourth-order valence-electron chi connectivity index (χ4n) is 2.59. The molecular weight excluding hydrogens is 330 g/mol. The van der Waals surface area contributed by atoms with Gasteiger partial charge in [0.15, 0.2) is 9.84 Å². The highest BCUT2D eigenvalue weighted by atomic mass is 32.2. The van der Waals surface area contributed by atoms with E-state index in [4.69, 9.17) is 0 Å². The lowest BCUT2D eigenvalue weighted by molar-refractivity contribution is 0.0915. The number of benzene rings is 1. The number of urea groups is 1. The van der Waals surface area contributed by atoms with Crippen LogP contribution >= 0.6 is 0 Å². The first-order valence-electron chi connectivity index (χ1n) is 7.79. The third kappa shape index (κ3) is 4.95. The van der Waals surface area contributed by atoms with E-state index in [2.05, 4.69) is 16.0 Å². The number of rotatable bonds is 4. The van der Waals surface area contributed by atoms with Crippen LogP contribution in [0.5, 0.6) is 0 Å². The summed E-state index contributed by atoms with van der Waals surface area (Å²) in [4.78, 5) is 23.9. The number of carbonyl (C=O) groups is 2. The summed E-state index contributed by atoms with van der Waals surface area (Å²) >= 11 is 0. The molecule has 0 saturated carbocycles. The standard InChI is InChI=1S/C16H23N3O4S/c1-11(2)17-15(21)18-13-6-4-12(5-7-13)14(20)19-16(3)8-9-24(22,23)10-16/h4-7,11H,8-10H2,1-3H3,(H,19,20)(H2,17,18,21). The minimum absolute atomic E-state index is 0.0264. The molecule has 7 nitrogen and oxygen atoms in total. The minimum Gasteiger partial charge on any atom is -0.346 e. The molecule has 3 amide bonds. The van der Waals surface area contributed by atoms with Crippen LogP contribution in [-0.4, -0.2) is 43.4 Å². The van der Waals surface area contributed by atoms with Crippen LogP contribution in [0.1, 0.15) is 37.6 Å². The van der Waals surface area contributed by atoms with E-state index in [9.17, 15) is 18.0 Å². The van der Waals surface area contributed by atoms with Gasteiger partial charge in [-0.1, -0.05) is 0 Å². The third-order valence-electron chi connectivity index (χ3n) is 3.74. The van der Waals surface area contributed by atoms with Gasteiger partial charge in [-0.25, -0.2) is 13.2 Å². The van der Waals surface area contributed by atoms with Crippen molar-refractivity contribution in [3.63, 3.8) is 0 Å². The quantitative estimate of drug-likeness (QED) is 0.763. The van der Waals surface area contributed by atoms with Gasteiger partial charge in [0.05, 0.1) is 17.0 Å². The maximum atomic E-state index is 12.3. The van der Waals surface area contributed by atoms with E-state index in [1.807, 2.05) is 13.8 Å². The zero-order valence-electron chi connectivity index (χ0n) is 14.0. The Labute approximate surface area is 142 Å². The van der Waals surface area contributed by atoms with Crippen molar-refractivity contribution in [2.75, 3.05) is 16.8 Å². The van der Waals surface area contributed by atoms with Crippen molar-refractivity contribution in [3.8, 4) is 0 Å². The molecule has 0 radical (unpaired) electrons. The molecule has 132 valence electrons. The van der Waals surface area contributed by atoms with Crippen LogP contribution in [0.15, 0.2) is 24.3 Å². The molecule has 8 heteroatoms. The number of sulfone groups is 1. The van der Waals surface area contributed by atoms with Crippen LogP contribution in [0.4, 0.5) is 10.5 Å². The fourth-order valence-corrected chi connectivity index (χ4v) is 4.68. The molecule has 1 aliphatic rings. The van der Waals surface area contributed by atoms with Gasteiger partial charge in [0.1, 0.15) is 0 Å². The van der Waals surface area contributed by atoms with Crippen molar-refractivity contribution in [2.24, 2.45) is 0 Å². The Hall–Kier alpha value is -2.09. The second kappa shape index (κ2) is 6.80. The van der Waals surface area contributed by atoms with E-state index >= 15 is 0 Å². The predicted molar refractivity (Wildman–Crippen MR) is 92.9 cm³/mol. The van der Waals surface area contributed by atoms with E-state index < -0.39 is 15.4 Å². The Morgan fingerprint density at radius 1 is 1.17 bits per heavy atom. The van der Waals surface area contributed by atoms with Gasteiger partial charge in [-0.2, -0.15) is 0 Å². The molecule has 1 saturated heterocycles. The SMILES string of the molecule is CC(C)NC(=O)Nc1ccc(C(=O)NC2(C)CCS(=O)(=O)C2)cc1. The normalized spacial score (nSPS) is 22.2. The third-order valence-corrected chi connectivity index (χ3v) is 5.65. The van der Waals surface area contributed by atoms with Gasteiger partial charge in [-0.3, -0.25) is 4.79 Å². The molecule has 24 heavy (non-hydrogen) atoms. The highest BCUT2D eigenvalue weighted by Gasteiger charge is 2.39. The Kier molecular flexibility index (Phi) is 5.17. The maximum absolute atomic E-state index is 12.3. The Morgan fingerprint density at radius 3 is 2.29 bits per heavy atom. The maximum Gasteiger partial charge on any atom is 0.319 e. The van der Waals surface area contributed by atoms with Gasteiger partial charge in [-0.05, 0) is 51.5 Å². The number of carbonyl (C=O) groups excluding carboxylic acids is 2. The molecule has 0 aromatic heterocycles. The van der Waals surface area contributed by atoms with Gasteiger partial charge >= 0.3 is 6.03 Å². The number of anilines is 1. The van der Waals surface area contributed by atoms with Crippen LogP contribution in [-0.2, 0) is 9.84 Å². The summed E-state index contributed by atoms with van der Waals surface area (Å²) in [5, 5.41) is 8.17. The Bertz CT molecular complexity index is 728. The van der Waals surface area contributed by atoms with Gasteiger partial charge in [0, 0.05) is 17.3 Å². The number of amides is 3. The van der Waals surface area contributed by atoms with Gasteiger partial charge in [0.25, 0.3) is 5.91 Å². The predicted octanol–water partition coefficient (Wildman–Crippen LogP) is 1.52. The molecule has 1 unspecified atom stereocenters. The minimum atomic E-state index is -3.08. The summed E-state index contributed by atoms with van der Waals surface area (Å²) in [6.45, 7) is 5.45. The average molecular weight is 353 g/mol. The number of hydrogen-bond donors (Lipinski definition) is 3. The lowest BCUT2D eigenvalue weighted by Gasteiger charge is -2.23. The van der Waals surface area contributed by atoms with E-state index in [1.165, 1.54) is 0 Å². The van der Waals surface area contributed by atoms with Crippen LogP contribution in [0.25, 0.3) is 0 Å². The molecule has 1 fully saturated rings. The van der Waals surface area contributed by atoms with Crippen LogP contribution < -0.4 is 16.0 Å². The van der Waals surface area contributed by atoms with Crippen molar-refractivity contribution >= 4 is 27.5 Å². The number of hydrogen-bond acceptors (Lipinski definition) is 4. The van der Waals surface area contributed by atoms with E-state index in [-0.39, 0.29) is 29.5 Å². The van der Waals surface area contributed by atoms with E-state index in [0.717, 1.165) is 0 Å². The second-order valence-corrected chi connectivity index (χ2v) is 8.87. The van der Waals surface area contributed by atoms with Crippen LogP contribution in [0.2, 0.25) is 0 Å². The molecule has 0 bridgehead atoms. The highest BCUT2D eigenvalue weighted by Crippen LogP contribution is 2.23. The first-order valence-corrected chi connectivity index (χ1v) is 9.61. The summed E-state index contributed by atoms with van der Waals surface area (Å²) in [6, 6.07) is 6.15. The molecule has 0 aliphatic carbocycles. The topological polar surface area (TPSA) is 104 Å². The Balaban J connectivity index is 1.98. The summed E-state index contributed by atoms with van der Waals surface area (Å²) in [7, 11) is -3.08. The Morgan fingerprint density at radius 2 is 1.79 bits per heavy atom. The first kappa shape index (κ1) is 18.3. The molecule has 1 aromatic carbocycles. The van der Waals surface area contributed by atoms with Crippen molar-refractivity contribution in [1.82, 2.24) is 10.6 Å². The van der Waals surface area contributed by atoms with Gasteiger partial charge < -0.3 is 16.0 Å². The monoisotopic (exact) mass is 353 g/mol. The highest BCUT2D eigenvalue weighted by molar-refractivity contribution is 7.91. The summed E-state index contributed by atoms with van der Waals surface area (Å²) in [6.07, 6.45) is 0.413. The summed E-state index contributed by atoms with van der Waals surface area (Å²) < 4.78 is 23.2. The van der Waals surface area contributed by atoms with Gasteiger partial charge in [-0.15, -0.1) is 0 Å². The fraction of sp³-hybridized carbons (Fsp3) is 0.500. The van der Waals surface area contributed by atoms with Crippen molar-refractivity contribution < 1.29 is 18.0 Å². The molecule has 1 atom stereocenters. The van der Waals surface area contributed by atoms with Crippen molar-refractivity contribution in [1.29, 1.82) is 0 Å². The van der Waals surface area contributed by atoms with Gasteiger partial charge in [0.2, 0.25) is 0 Å². The molecule has 0 spiro atoms. The molecular formula is C16H23N3O4S. The molecule has 2 rings (SSSR count). The van der Waals surface area contributed by atoms with E-state index in [0.29, 0.717) is 17.7 Å². The largest absolute Gasteiger partial charge is 0.346 e. The van der Waals surface area contributed by atoms with Crippen LogP contribution in [0.3, 0.4) is 0 Å². The smallest absolute Gasteiger partial charge is 0.319 e. The van der Waals surface area contributed by atoms with Crippen molar-refractivity contribution in [2.45, 2.75) is 38.8 Å². The number of nitrogens with one attached hydrogen (secondary N) is 3.